The van der Waals surface area contributed by atoms with Crippen LogP contribution in [0.25, 0.3) is 5.57 Å². The Morgan fingerprint density at radius 3 is 2.62 bits per heavy atom. The lowest BCUT2D eigenvalue weighted by Crippen LogP contribution is -2.50. The van der Waals surface area contributed by atoms with Gasteiger partial charge in [-0.2, -0.15) is 5.10 Å². The molecule has 24 heavy (non-hydrogen) atoms. The Kier molecular flexibility index (Phi) is 4.51. The molecule has 1 aliphatic heterocycles. The second kappa shape index (κ2) is 6.59. The summed E-state index contributed by atoms with van der Waals surface area (Å²) in [6, 6.07) is 10.9. The van der Waals surface area contributed by atoms with E-state index in [1.165, 1.54) is 5.57 Å². The van der Waals surface area contributed by atoms with Crippen LogP contribution in [0.15, 0.2) is 48.7 Å². The van der Waals surface area contributed by atoms with Crippen molar-refractivity contribution >= 4 is 11.5 Å². The van der Waals surface area contributed by atoms with E-state index in [2.05, 4.69) is 11.2 Å². The lowest BCUT2D eigenvalue weighted by Gasteiger charge is -2.34. The molecule has 0 fully saturated rings. The monoisotopic (exact) mass is 326 g/mol. The summed E-state index contributed by atoms with van der Waals surface area (Å²) in [7, 11) is 1.92. The molecule has 6 nitrogen and oxygen atoms in total. The number of rotatable bonds is 5. The van der Waals surface area contributed by atoms with Gasteiger partial charge in [0.15, 0.2) is 5.60 Å². The van der Waals surface area contributed by atoms with Crippen LogP contribution in [0.5, 0.6) is 0 Å². The summed E-state index contributed by atoms with van der Waals surface area (Å²) < 4.78 is 1.85. The molecular formula is C18H22N4O2. The minimum absolute atomic E-state index is 0.182. The van der Waals surface area contributed by atoms with Crippen molar-refractivity contribution in [3.8, 4) is 0 Å². The molecule has 2 aromatic rings. The highest BCUT2D eigenvalue weighted by Crippen LogP contribution is 2.26. The van der Waals surface area contributed by atoms with Crippen molar-refractivity contribution < 1.29 is 9.90 Å². The van der Waals surface area contributed by atoms with Crippen LogP contribution in [-0.2, 0) is 17.4 Å². The van der Waals surface area contributed by atoms with E-state index in [-0.39, 0.29) is 6.54 Å². The maximum atomic E-state index is 11.9. The van der Waals surface area contributed by atoms with Gasteiger partial charge in [-0.3, -0.25) is 14.4 Å². The summed E-state index contributed by atoms with van der Waals surface area (Å²) in [5.74, 6) is -0.727. The fourth-order valence-corrected chi connectivity index (χ4v) is 3.13. The predicted octanol–water partition coefficient (Wildman–Crippen LogP) is 0.882. The first-order valence-corrected chi connectivity index (χ1v) is 7.98. The number of aromatic nitrogens is 2. The van der Waals surface area contributed by atoms with Gasteiger partial charge in [0.2, 0.25) is 0 Å². The average molecular weight is 326 g/mol. The highest BCUT2D eigenvalue weighted by atomic mass is 16.3. The van der Waals surface area contributed by atoms with E-state index in [0.717, 1.165) is 18.7 Å². The number of aliphatic hydroxyl groups is 1. The van der Waals surface area contributed by atoms with Gasteiger partial charge >= 0.3 is 0 Å². The number of benzene rings is 1. The molecular weight excluding hydrogens is 304 g/mol. The Bertz CT molecular complexity index is 753. The quantitative estimate of drug-likeness (QED) is 0.854. The molecule has 6 heteroatoms. The Hall–Kier alpha value is -2.44. The predicted molar refractivity (Wildman–Crippen MR) is 91.8 cm³/mol. The van der Waals surface area contributed by atoms with E-state index < -0.39 is 11.5 Å². The number of nitrogens with zero attached hydrogens (tertiary/aromatic N) is 3. The van der Waals surface area contributed by atoms with Gasteiger partial charge in [-0.25, -0.2) is 0 Å². The van der Waals surface area contributed by atoms with Gasteiger partial charge in [-0.15, -0.1) is 0 Å². The highest BCUT2D eigenvalue weighted by molar-refractivity contribution is 5.85. The van der Waals surface area contributed by atoms with Gasteiger partial charge in [0.25, 0.3) is 5.91 Å². The third-order valence-electron chi connectivity index (χ3n) is 4.55. The van der Waals surface area contributed by atoms with Crippen molar-refractivity contribution in [2.75, 3.05) is 19.6 Å². The van der Waals surface area contributed by atoms with Gasteiger partial charge in [-0.05, 0) is 23.6 Å². The number of nitrogens with two attached hydrogens (primary N) is 1. The number of amides is 1. The minimum atomic E-state index is -1.68. The van der Waals surface area contributed by atoms with Gasteiger partial charge < -0.3 is 10.8 Å². The van der Waals surface area contributed by atoms with E-state index >= 15 is 0 Å². The average Bonchev–Trinajstić information content (AvgIpc) is 3.02. The van der Waals surface area contributed by atoms with Crippen LogP contribution in [0.3, 0.4) is 0 Å². The number of hydrogen-bond donors (Lipinski definition) is 2. The molecule has 1 aliphatic rings. The normalized spacial score (nSPS) is 18.0. The Morgan fingerprint density at radius 2 is 2.08 bits per heavy atom. The van der Waals surface area contributed by atoms with Gasteiger partial charge in [0.1, 0.15) is 0 Å². The van der Waals surface area contributed by atoms with Crippen LogP contribution < -0.4 is 5.73 Å². The fourth-order valence-electron chi connectivity index (χ4n) is 3.13. The van der Waals surface area contributed by atoms with Crippen LogP contribution in [0, 0.1) is 0 Å². The summed E-state index contributed by atoms with van der Waals surface area (Å²) in [5, 5.41) is 15.0. The molecule has 126 valence electrons. The van der Waals surface area contributed by atoms with Crippen LogP contribution in [-0.4, -0.2) is 45.3 Å². The van der Waals surface area contributed by atoms with Crippen LogP contribution >= 0.6 is 0 Å². The second-order valence-corrected chi connectivity index (χ2v) is 6.15. The Balaban J connectivity index is 1.75. The molecule has 0 saturated carbocycles. The summed E-state index contributed by atoms with van der Waals surface area (Å²) in [5.41, 5.74) is 6.68. The fraction of sp³-hybridized carbons (Fsp3) is 0.333. The first-order chi connectivity index (χ1) is 11.5. The summed E-state index contributed by atoms with van der Waals surface area (Å²) in [6.45, 7) is 1.59. The number of β-amino-alcohol motifs (C(OH)–C–C–N with tert-alkyl or cyclic N) is 1. The van der Waals surface area contributed by atoms with E-state index in [1.807, 2.05) is 28.8 Å². The van der Waals surface area contributed by atoms with E-state index in [1.54, 1.807) is 30.5 Å². The lowest BCUT2D eigenvalue weighted by molar-refractivity contribution is -0.139. The van der Waals surface area contributed by atoms with Crippen LogP contribution in [0.2, 0.25) is 0 Å². The molecule has 3 N–H and O–H groups in total. The Labute approximate surface area is 141 Å². The SMILES string of the molecule is Cn1nccc1C1=CCN(CC(O)(C(N)=O)c2ccccc2)CC1. The third-order valence-corrected chi connectivity index (χ3v) is 4.55. The molecule has 0 aliphatic carbocycles. The molecule has 0 spiro atoms. The smallest absolute Gasteiger partial charge is 0.255 e. The van der Waals surface area contributed by atoms with Crippen molar-refractivity contribution in [3.05, 3.63) is 59.9 Å². The second-order valence-electron chi connectivity index (χ2n) is 6.15. The van der Waals surface area contributed by atoms with Crippen LogP contribution in [0.4, 0.5) is 0 Å². The van der Waals surface area contributed by atoms with Gasteiger partial charge in [-0.1, -0.05) is 36.4 Å². The third kappa shape index (κ3) is 3.11. The van der Waals surface area contributed by atoms with E-state index in [4.69, 9.17) is 5.73 Å². The molecule has 1 unspecified atom stereocenters. The summed E-state index contributed by atoms with van der Waals surface area (Å²) >= 11 is 0. The number of aryl methyl sites for hydroxylation is 1. The molecule has 3 rings (SSSR count). The molecule has 0 bridgehead atoms. The minimum Gasteiger partial charge on any atom is -0.374 e. The van der Waals surface area contributed by atoms with Crippen molar-refractivity contribution in [3.63, 3.8) is 0 Å². The van der Waals surface area contributed by atoms with Crippen molar-refractivity contribution in [1.82, 2.24) is 14.7 Å². The largest absolute Gasteiger partial charge is 0.374 e. The van der Waals surface area contributed by atoms with Crippen LogP contribution in [0.1, 0.15) is 17.7 Å². The number of carbonyl (C=O) groups is 1. The zero-order chi connectivity index (χ0) is 17.2. The molecule has 2 heterocycles. The maximum Gasteiger partial charge on any atom is 0.255 e. The van der Waals surface area contributed by atoms with Crippen molar-refractivity contribution in [2.45, 2.75) is 12.0 Å². The Morgan fingerprint density at radius 1 is 1.33 bits per heavy atom. The molecule has 1 aromatic heterocycles. The molecule has 1 amide bonds. The topological polar surface area (TPSA) is 84.4 Å². The van der Waals surface area contributed by atoms with E-state index in [0.29, 0.717) is 12.1 Å². The van der Waals surface area contributed by atoms with E-state index in [9.17, 15) is 9.90 Å². The first kappa shape index (κ1) is 16.4. The molecule has 1 atom stereocenters. The number of primary amides is 1. The first-order valence-electron chi connectivity index (χ1n) is 7.98. The van der Waals surface area contributed by atoms with Crippen molar-refractivity contribution in [1.29, 1.82) is 0 Å². The maximum absolute atomic E-state index is 11.9. The summed E-state index contributed by atoms with van der Waals surface area (Å²) in [4.78, 5) is 13.9. The summed E-state index contributed by atoms with van der Waals surface area (Å²) in [6.07, 6.45) is 4.74. The molecule has 0 saturated heterocycles. The van der Waals surface area contributed by atoms with Crippen molar-refractivity contribution in [2.24, 2.45) is 12.8 Å². The van der Waals surface area contributed by atoms with Gasteiger partial charge in [0, 0.05) is 32.9 Å². The number of carbonyl (C=O) groups excluding carboxylic acids is 1. The zero-order valence-electron chi connectivity index (χ0n) is 13.7. The standard InChI is InChI=1S/C18H22N4O2/c1-21-16(7-10-20-21)14-8-11-22(12-9-14)13-18(24,17(19)23)15-5-3-2-4-6-15/h2-8,10,24H,9,11-13H2,1H3,(H2,19,23). The lowest BCUT2D eigenvalue weighted by atomic mass is 9.91. The van der Waals surface area contributed by atoms with Gasteiger partial charge in [0.05, 0.1) is 5.69 Å². The molecule has 1 aromatic carbocycles. The molecule has 0 radical (unpaired) electrons. The highest BCUT2D eigenvalue weighted by Gasteiger charge is 2.38. The number of hydrogen-bond acceptors (Lipinski definition) is 4. The zero-order valence-corrected chi connectivity index (χ0v) is 13.7.